The van der Waals surface area contributed by atoms with E-state index >= 15 is 0 Å². The molecule has 4 unspecified atom stereocenters. The third-order valence-electron chi connectivity index (χ3n) is 5.55. The average molecular weight is 524 g/mol. The lowest BCUT2D eigenvalue weighted by molar-refractivity contribution is -0.147. The number of unbranched alkanes of at least 4 members (excludes halogenated alkanes) is 1. The fourth-order valence-electron chi connectivity index (χ4n) is 3.44. The number of benzene rings is 1. The van der Waals surface area contributed by atoms with E-state index in [1.165, 1.54) is 12.1 Å². The van der Waals surface area contributed by atoms with Crippen LogP contribution in [0.15, 0.2) is 24.3 Å². The predicted octanol–water partition coefficient (Wildman–Crippen LogP) is -0.939. The van der Waals surface area contributed by atoms with E-state index in [0.717, 1.165) is 0 Å². The Kier molecular flexibility index (Phi) is 13.0. The molecule has 0 aliphatic carbocycles. The minimum absolute atomic E-state index is 0.0704. The first-order valence-electron chi connectivity index (χ1n) is 11.9. The number of rotatable bonds is 16. The summed E-state index contributed by atoms with van der Waals surface area (Å²) in [6, 6.07) is 1.25. The Balaban J connectivity index is 2.93. The summed E-state index contributed by atoms with van der Waals surface area (Å²) in [5.41, 5.74) is 12.2. The second-order valence-corrected chi connectivity index (χ2v) is 9.05. The molecule has 4 atom stereocenters. The van der Waals surface area contributed by atoms with Gasteiger partial charge in [-0.15, -0.1) is 0 Å². The summed E-state index contributed by atoms with van der Waals surface area (Å²) in [4.78, 5) is 60.9. The van der Waals surface area contributed by atoms with Gasteiger partial charge in [-0.25, -0.2) is 4.79 Å². The summed E-state index contributed by atoms with van der Waals surface area (Å²) in [5, 5.41) is 34.8. The molecule has 1 aromatic rings. The van der Waals surface area contributed by atoms with Crippen molar-refractivity contribution in [3.63, 3.8) is 0 Å². The van der Waals surface area contributed by atoms with Crippen LogP contribution in [0.1, 0.15) is 45.1 Å². The zero-order valence-corrected chi connectivity index (χ0v) is 21.0. The highest BCUT2D eigenvalue weighted by molar-refractivity contribution is 5.94. The van der Waals surface area contributed by atoms with Crippen LogP contribution in [-0.2, 0) is 30.4 Å². The van der Waals surface area contributed by atoms with Crippen LogP contribution in [0.25, 0.3) is 0 Å². The normalized spacial score (nSPS) is 14.2. The SMILES string of the molecule is CC(C)C(NC(=O)C(N)Cc1ccc(O)cc1)C(=O)NC(CCCCN)C(=O)NC(CC(=O)O)C(=O)O. The lowest BCUT2D eigenvalue weighted by atomic mass is 10.00. The molecule has 1 aromatic carbocycles. The Hall–Kier alpha value is -3.71. The molecule has 0 aliphatic heterocycles. The fraction of sp³-hybridized carbons (Fsp3) is 0.542. The van der Waals surface area contributed by atoms with Crippen molar-refractivity contribution >= 4 is 29.7 Å². The third-order valence-corrected chi connectivity index (χ3v) is 5.55. The molecule has 0 spiro atoms. The Labute approximate surface area is 215 Å². The highest BCUT2D eigenvalue weighted by Gasteiger charge is 2.32. The van der Waals surface area contributed by atoms with Gasteiger partial charge >= 0.3 is 11.9 Å². The van der Waals surface area contributed by atoms with Crippen LogP contribution >= 0.6 is 0 Å². The molecule has 0 saturated heterocycles. The van der Waals surface area contributed by atoms with Crippen molar-refractivity contribution in [2.24, 2.45) is 17.4 Å². The number of phenols is 1. The fourth-order valence-corrected chi connectivity index (χ4v) is 3.44. The van der Waals surface area contributed by atoms with Gasteiger partial charge in [0.05, 0.1) is 12.5 Å². The molecular formula is C24H37N5O8. The molecule has 206 valence electrons. The number of nitrogens with one attached hydrogen (secondary N) is 3. The van der Waals surface area contributed by atoms with Crippen molar-refractivity contribution in [3.8, 4) is 5.75 Å². The van der Waals surface area contributed by atoms with E-state index in [-0.39, 0.29) is 18.6 Å². The first kappa shape index (κ1) is 31.3. The monoisotopic (exact) mass is 523 g/mol. The Morgan fingerprint density at radius 2 is 1.46 bits per heavy atom. The van der Waals surface area contributed by atoms with E-state index in [9.17, 15) is 34.2 Å². The smallest absolute Gasteiger partial charge is 0.326 e. The van der Waals surface area contributed by atoms with Gasteiger partial charge in [0, 0.05) is 0 Å². The molecule has 0 aliphatic rings. The summed E-state index contributed by atoms with van der Waals surface area (Å²) in [5.74, 6) is -5.41. The van der Waals surface area contributed by atoms with Gasteiger partial charge < -0.3 is 42.7 Å². The van der Waals surface area contributed by atoms with E-state index in [4.69, 9.17) is 16.6 Å². The number of aromatic hydroxyl groups is 1. The molecule has 0 heterocycles. The maximum atomic E-state index is 13.1. The van der Waals surface area contributed by atoms with Crippen LogP contribution < -0.4 is 27.4 Å². The van der Waals surface area contributed by atoms with E-state index < -0.39 is 66.2 Å². The maximum absolute atomic E-state index is 13.1. The van der Waals surface area contributed by atoms with Crippen LogP contribution in [0.3, 0.4) is 0 Å². The molecule has 10 N–H and O–H groups in total. The van der Waals surface area contributed by atoms with Gasteiger partial charge in [0.25, 0.3) is 0 Å². The van der Waals surface area contributed by atoms with E-state index in [1.807, 2.05) is 0 Å². The average Bonchev–Trinajstić information content (AvgIpc) is 2.81. The lowest BCUT2D eigenvalue weighted by Gasteiger charge is -2.27. The van der Waals surface area contributed by atoms with Gasteiger partial charge in [-0.1, -0.05) is 26.0 Å². The number of nitrogens with two attached hydrogens (primary N) is 2. The van der Waals surface area contributed by atoms with Crippen molar-refractivity contribution in [2.75, 3.05) is 6.54 Å². The van der Waals surface area contributed by atoms with Crippen molar-refractivity contribution in [2.45, 2.75) is 70.1 Å². The zero-order valence-electron chi connectivity index (χ0n) is 21.0. The topological polar surface area (TPSA) is 234 Å². The summed E-state index contributed by atoms with van der Waals surface area (Å²) in [6.45, 7) is 3.71. The summed E-state index contributed by atoms with van der Waals surface area (Å²) >= 11 is 0. The lowest BCUT2D eigenvalue weighted by Crippen LogP contribution is -2.58. The van der Waals surface area contributed by atoms with Gasteiger partial charge in [0.15, 0.2) is 0 Å². The molecule has 37 heavy (non-hydrogen) atoms. The second-order valence-electron chi connectivity index (χ2n) is 9.05. The molecule has 0 bridgehead atoms. The number of carboxylic acid groups (broad SMARTS) is 2. The predicted molar refractivity (Wildman–Crippen MR) is 133 cm³/mol. The minimum atomic E-state index is -1.68. The number of hydrogen-bond donors (Lipinski definition) is 8. The minimum Gasteiger partial charge on any atom is -0.508 e. The molecule has 13 heteroatoms. The van der Waals surface area contributed by atoms with Crippen molar-refractivity contribution in [1.29, 1.82) is 0 Å². The van der Waals surface area contributed by atoms with Gasteiger partial charge in [0.2, 0.25) is 17.7 Å². The van der Waals surface area contributed by atoms with E-state index in [1.54, 1.807) is 26.0 Å². The standard InChI is InChI=1S/C24H37N5O8/c1-13(2)20(29-21(33)16(26)11-14-6-8-15(30)9-7-14)23(35)27-17(5-3-4-10-25)22(34)28-18(24(36)37)12-19(31)32/h6-9,13,16-18,20,30H,3-5,10-12,25-26H2,1-2H3,(H,27,35)(H,28,34)(H,29,33)(H,31,32)(H,36,37). The molecule has 0 saturated carbocycles. The quantitative estimate of drug-likeness (QED) is 0.124. The number of hydrogen-bond acceptors (Lipinski definition) is 8. The molecule has 0 aromatic heterocycles. The number of amides is 3. The highest BCUT2D eigenvalue weighted by Crippen LogP contribution is 2.12. The highest BCUT2D eigenvalue weighted by atomic mass is 16.4. The first-order valence-corrected chi connectivity index (χ1v) is 11.9. The third kappa shape index (κ3) is 11.3. The number of carbonyl (C=O) groups is 5. The van der Waals surface area contributed by atoms with Crippen molar-refractivity contribution < 1.29 is 39.3 Å². The molecule has 0 radical (unpaired) electrons. The molecule has 13 nitrogen and oxygen atoms in total. The molecule has 3 amide bonds. The van der Waals surface area contributed by atoms with Crippen LogP contribution in [-0.4, -0.2) is 75.7 Å². The van der Waals surface area contributed by atoms with Crippen LogP contribution in [0.5, 0.6) is 5.75 Å². The summed E-state index contributed by atoms with van der Waals surface area (Å²) in [7, 11) is 0. The van der Waals surface area contributed by atoms with Crippen molar-refractivity contribution in [1.82, 2.24) is 16.0 Å². The van der Waals surface area contributed by atoms with Crippen LogP contribution in [0.4, 0.5) is 0 Å². The Morgan fingerprint density at radius 1 is 0.865 bits per heavy atom. The van der Waals surface area contributed by atoms with E-state index in [2.05, 4.69) is 16.0 Å². The zero-order chi connectivity index (χ0) is 28.1. The first-order chi connectivity index (χ1) is 17.3. The van der Waals surface area contributed by atoms with Gasteiger partial charge in [0.1, 0.15) is 23.9 Å². The summed E-state index contributed by atoms with van der Waals surface area (Å²) in [6.07, 6.45) is 0.402. The number of carbonyl (C=O) groups excluding carboxylic acids is 3. The summed E-state index contributed by atoms with van der Waals surface area (Å²) < 4.78 is 0. The molecule has 0 fully saturated rings. The number of carboxylic acids is 2. The Bertz CT molecular complexity index is 938. The van der Waals surface area contributed by atoms with Gasteiger partial charge in [-0.05, 0) is 55.8 Å². The van der Waals surface area contributed by atoms with Crippen LogP contribution in [0, 0.1) is 5.92 Å². The van der Waals surface area contributed by atoms with Crippen LogP contribution in [0.2, 0.25) is 0 Å². The van der Waals surface area contributed by atoms with Gasteiger partial charge in [-0.3, -0.25) is 19.2 Å². The maximum Gasteiger partial charge on any atom is 0.326 e. The Morgan fingerprint density at radius 3 is 1.97 bits per heavy atom. The van der Waals surface area contributed by atoms with Gasteiger partial charge in [-0.2, -0.15) is 0 Å². The van der Waals surface area contributed by atoms with E-state index in [0.29, 0.717) is 24.9 Å². The number of phenolic OH excluding ortho intramolecular Hbond substituents is 1. The van der Waals surface area contributed by atoms with Crippen molar-refractivity contribution in [3.05, 3.63) is 29.8 Å². The number of aliphatic carboxylic acids is 2. The largest absolute Gasteiger partial charge is 0.508 e. The second kappa shape index (κ2) is 15.4. The molecule has 1 rings (SSSR count). The molecular weight excluding hydrogens is 486 g/mol.